The largest absolute Gasteiger partial charge is 0.493 e. The third-order valence-electron chi connectivity index (χ3n) is 4.82. The Labute approximate surface area is 169 Å². The average molecular weight is 387 g/mol. The summed E-state index contributed by atoms with van der Waals surface area (Å²) in [6, 6.07) is 16.3. The normalized spacial score (nSPS) is 12.4. The molecule has 0 saturated carbocycles. The Morgan fingerprint density at radius 1 is 1.14 bits per heavy atom. The van der Waals surface area contributed by atoms with Gasteiger partial charge >= 0.3 is 0 Å². The van der Waals surface area contributed by atoms with Crippen LogP contribution in [0.25, 0.3) is 0 Å². The van der Waals surface area contributed by atoms with Gasteiger partial charge in [-0.2, -0.15) is 0 Å². The van der Waals surface area contributed by atoms with Crippen molar-refractivity contribution in [2.45, 2.75) is 13.3 Å². The SMILES string of the molecule is CCOc1ccccc1C(=O)Nc1ccc2c(c1)N(C(=O)c1cccnc1)CC2. The van der Waals surface area contributed by atoms with Gasteiger partial charge in [-0.15, -0.1) is 0 Å². The molecule has 1 aliphatic rings. The minimum atomic E-state index is -0.253. The first-order valence-corrected chi connectivity index (χ1v) is 9.55. The van der Waals surface area contributed by atoms with E-state index in [4.69, 9.17) is 4.74 Å². The highest BCUT2D eigenvalue weighted by atomic mass is 16.5. The van der Waals surface area contributed by atoms with Crippen LogP contribution >= 0.6 is 0 Å². The highest BCUT2D eigenvalue weighted by Gasteiger charge is 2.26. The standard InChI is InChI=1S/C23H21N3O3/c1-2-29-21-8-4-3-7-19(21)22(27)25-18-10-9-16-11-13-26(20(16)14-18)23(28)17-6-5-12-24-15-17/h3-10,12,14-15H,2,11,13H2,1H3,(H,25,27). The Morgan fingerprint density at radius 2 is 2.00 bits per heavy atom. The first-order chi connectivity index (χ1) is 14.2. The Hall–Kier alpha value is -3.67. The van der Waals surface area contributed by atoms with Gasteiger partial charge in [-0.25, -0.2) is 0 Å². The molecule has 0 saturated heterocycles. The maximum absolute atomic E-state index is 12.9. The van der Waals surface area contributed by atoms with Crippen LogP contribution in [-0.2, 0) is 6.42 Å². The highest BCUT2D eigenvalue weighted by Crippen LogP contribution is 2.32. The van der Waals surface area contributed by atoms with E-state index in [0.29, 0.717) is 35.7 Å². The number of hydrogen-bond acceptors (Lipinski definition) is 4. The van der Waals surface area contributed by atoms with Gasteiger partial charge in [0, 0.05) is 30.3 Å². The molecular weight excluding hydrogens is 366 g/mol. The molecule has 0 bridgehead atoms. The van der Waals surface area contributed by atoms with E-state index < -0.39 is 0 Å². The Bertz CT molecular complexity index is 1050. The van der Waals surface area contributed by atoms with Crippen molar-refractivity contribution < 1.29 is 14.3 Å². The maximum atomic E-state index is 12.9. The second-order valence-electron chi connectivity index (χ2n) is 6.68. The van der Waals surface area contributed by atoms with Gasteiger partial charge in [0.15, 0.2) is 0 Å². The van der Waals surface area contributed by atoms with Gasteiger partial charge in [0.2, 0.25) is 0 Å². The number of fused-ring (bicyclic) bond motifs is 1. The fraction of sp³-hybridized carbons (Fsp3) is 0.174. The number of carbonyl (C=O) groups excluding carboxylic acids is 2. The molecule has 0 radical (unpaired) electrons. The maximum Gasteiger partial charge on any atom is 0.259 e. The van der Waals surface area contributed by atoms with Gasteiger partial charge in [-0.1, -0.05) is 18.2 Å². The zero-order valence-corrected chi connectivity index (χ0v) is 16.1. The smallest absolute Gasteiger partial charge is 0.259 e. The lowest BCUT2D eigenvalue weighted by Gasteiger charge is -2.18. The Morgan fingerprint density at radius 3 is 2.79 bits per heavy atom. The van der Waals surface area contributed by atoms with Gasteiger partial charge in [0.25, 0.3) is 11.8 Å². The number of anilines is 2. The number of pyridine rings is 1. The average Bonchev–Trinajstić information content (AvgIpc) is 3.17. The summed E-state index contributed by atoms with van der Waals surface area (Å²) in [4.78, 5) is 31.4. The molecule has 2 amide bonds. The Kier molecular flexibility index (Phi) is 5.24. The van der Waals surface area contributed by atoms with Crippen molar-refractivity contribution in [2.24, 2.45) is 0 Å². The fourth-order valence-corrected chi connectivity index (χ4v) is 3.45. The topological polar surface area (TPSA) is 71.5 Å². The van der Waals surface area contributed by atoms with E-state index >= 15 is 0 Å². The van der Waals surface area contributed by atoms with E-state index in [2.05, 4.69) is 10.3 Å². The molecule has 0 unspecified atom stereocenters. The summed E-state index contributed by atoms with van der Waals surface area (Å²) in [6.07, 6.45) is 3.99. The highest BCUT2D eigenvalue weighted by molar-refractivity contribution is 6.09. The zero-order valence-electron chi connectivity index (χ0n) is 16.1. The van der Waals surface area contributed by atoms with E-state index in [0.717, 1.165) is 17.7 Å². The van der Waals surface area contributed by atoms with Gasteiger partial charge in [-0.3, -0.25) is 14.6 Å². The van der Waals surface area contributed by atoms with Crippen LogP contribution in [0.4, 0.5) is 11.4 Å². The molecule has 2 aromatic carbocycles. The minimum Gasteiger partial charge on any atom is -0.493 e. The number of para-hydroxylation sites is 1. The molecule has 0 fully saturated rings. The zero-order chi connectivity index (χ0) is 20.2. The van der Waals surface area contributed by atoms with Gasteiger partial charge < -0.3 is 15.0 Å². The lowest BCUT2D eigenvalue weighted by molar-refractivity contribution is 0.0987. The van der Waals surface area contributed by atoms with Crippen LogP contribution in [0, 0.1) is 0 Å². The summed E-state index contributed by atoms with van der Waals surface area (Å²) >= 11 is 0. The number of nitrogens with zero attached hydrogens (tertiary/aromatic N) is 2. The molecule has 6 heteroatoms. The molecular formula is C23H21N3O3. The van der Waals surface area contributed by atoms with Crippen molar-refractivity contribution in [1.29, 1.82) is 0 Å². The van der Waals surface area contributed by atoms with Crippen molar-refractivity contribution >= 4 is 23.2 Å². The molecule has 4 rings (SSSR count). The van der Waals surface area contributed by atoms with Crippen LogP contribution in [-0.4, -0.2) is 29.9 Å². The van der Waals surface area contributed by atoms with Crippen LogP contribution < -0.4 is 15.0 Å². The summed E-state index contributed by atoms with van der Waals surface area (Å²) in [5.74, 6) is 0.196. The lowest BCUT2D eigenvalue weighted by atomic mass is 10.1. The summed E-state index contributed by atoms with van der Waals surface area (Å²) in [5.41, 5.74) is 3.54. The van der Waals surface area contributed by atoms with E-state index in [1.54, 1.807) is 47.6 Å². The van der Waals surface area contributed by atoms with Crippen molar-refractivity contribution in [2.75, 3.05) is 23.4 Å². The monoisotopic (exact) mass is 387 g/mol. The van der Waals surface area contributed by atoms with Gasteiger partial charge in [0.05, 0.1) is 17.7 Å². The third kappa shape index (κ3) is 3.82. The number of hydrogen-bond donors (Lipinski definition) is 1. The number of amides is 2. The Balaban J connectivity index is 1.57. The summed E-state index contributed by atoms with van der Waals surface area (Å²) in [5, 5.41) is 2.92. The first-order valence-electron chi connectivity index (χ1n) is 9.55. The second-order valence-corrected chi connectivity index (χ2v) is 6.68. The molecule has 0 spiro atoms. The number of rotatable bonds is 5. The number of benzene rings is 2. The second kappa shape index (κ2) is 8.14. The van der Waals surface area contributed by atoms with Crippen LogP contribution in [0.15, 0.2) is 67.0 Å². The van der Waals surface area contributed by atoms with Crippen molar-refractivity contribution in [3.8, 4) is 5.75 Å². The summed E-state index contributed by atoms with van der Waals surface area (Å²) in [7, 11) is 0. The number of carbonyl (C=O) groups is 2. The van der Waals surface area contributed by atoms with Gasteiger partial charge in [0.1, 0.15) is 5.75 Å². The van der Waals surface area contributed by atoms with E-state index in [9.17, 15) is 9.59 Å². The van der Waals surface area contributed by atoms with Gasteiger partial charge in [-0.05, 0) is 55.3 Å². The number of nitrogens with one attached hydrogen (secondary N) is 1. The molecule has 0 atom stereocenters. The third-order valence-corrected chi connectivity index (χ3v) is 4.82. The van der Waals surface area contributed by atoms with Crippen LogP contribution in [0.1, 0.15) is 33.2 Å². The van der Waals surface area contributed by atoms with E-state index in [1.165, 1.54) is 0 Å². The molecule has 2 heterocycles. The van der Waals surface area contributed by atoms with Crippen molar-refractivity contribution in [1.82, 2.24) is 4.98 Å². The number of ether oxygens (including phenoxy) is 1. The molecule has 146 valence electrons. The lowest BCUT2D eigenvalue weighted by Crippen LogP contribution is -2.29. The first kappa shape index (κ1) is 18.7. The molecule has 29 heavy (non-hydrogen) atoms. The van der Waals surface area contributed by atoms with Crippen molar-refractivity contribution in [3.63, 3.8) is 0 Å². The van der Waals surface area contributed by atoms with Crippen LogP contribution in [0.5, 0.6) is 5.75 Å². The molecule has 1 N–H and O–H groups in total. The van der Waals surface area contributed by atoms with Crippen LogP contribution in [0.2, 0.25) is 0 Å². The summed E-state index contributed by atoms with van der Waals surface area (Å²) < 4.78 is 5.55. The quantitative estimate of drug-likeness (QED) is 0.720. The molecule has 1 aromatic heterocycles. The molecule has 6 nitrogen and oxygen atoms in total. The molecule has 1 aliphatic heterocycles. The van der Waals surface area contributed by atoms with E-state index in [1.807, 2.05) is 31.2 Å². The van der Waals surface area contributed by atoms with Crippen LogP contribution in [0.3, 0.4) is 0 Å². The fourth-order valence-electron chi connectivity index (χ4n) is 3.45. The van der Waals surface area contributed by atoms with E-state index in [-0.39, 0.29) is 11.8 Å². The minimum absolute atomic E-state index is 0.0954. The molecule has 3 aromatic rings. The van der Waals surface area contributed by atoms with Crippen molar-refractivity contribution in [3.05, 3.63) is 83.7 Å². The predicted octanol–water partition coefficient (Wildman–Crippen LogP) is 3.94. The molecule has 0 aliphatic carbocycles. The summed E-state index contributed by atoms with van der Waals surface area (Å²) in [6.45, 7) is 2.96. The number of aromatic nitrogens is 1. The predicted molar refractivity (Wildman–Crippen MR) is 112 cm³/mol.